The Morgan fingerprint density at radius 2 is 2.13 bits per heavy atom. The second-order valence-corrected chi connectivity index (χ2v) is 2.87. The van der Waals surface area contributed by atoms with Gasteiger partial charge >= 0.3 is 17.8 Å². The van der Waals surface area contributed by atoms with Gasteiger partial charge < -0.3 is 0 Å². The van der Waals surface area contributed by atoms with Crippen LogP contribution in [0.3, 0.4) is 0 Å². The summed E-state index contributed by atoms with van der Waals surface area (Å²) in [5, 5.41) is 9.18. The van der Waals surface area contributed by atoms with Crippen molar-refractivity contribution in [3.05, 3.63) is 24.0 Å². The monoisotopic (exact) mass is 206 g/mol. The van der Waals surface area contributed by atoms with Crippen LogP contribution >= 0.6 is 0 Å². The molecule has 1 aromatic rings. The van der Waals surface area contributed by atoms with Crippen LogP contribution in [0, 0.1) is 0 Å². The molecule has 1 fully saturated rings. The van der Waals surface area contributed by atoms with Gasteiger partial charge in [-0.1, -0.05) is 0 Å². The second-order valence-electron chi connectivity index (χ2n) is 2.87. The molecule has 1 aliphatic heterocycles. The number of nitrogens with zero attached hydrogens (tertiary/aromatic N) is 3. The van der Waals surface area contributed by atoms with Gasteiger partial charge in [0, 0.05) is 6.20 Å². The van der Waals surface area contributed by atoms with Crippen molar-refractivity contribution < 1.29 is 14.4 Å². The van der Waals surface area contributed by atoms with Crippen molar-refractivity contribution >= 4 is 17.8 Å². The van der Waals surface area contributed by atoms with E-state index in [0.29, 0.717) is 5.69 Å². The molecule has 1 saturated heterocycles. The third kappa shape index (κ3) is 1.66. The first-order valence-electron chi connectivity index (χ1n) is 4.12. The minimum atomic E-state index is -0.913. The van der Waals surface area contributed by atoms with Crippen molar-refractivity contribution in [1.29, 1.82) is 0 Å². The van der Waals surface area contributed by atoms with Crippen LogP contribution in [0.15, 0.2) is 18.3 Å². The molecule has 0 radical (unpaired) electrons. The maximum absolute atomic E-state index is 11.2. The summed E-state index contributed by atoms with van der Waals surface area (Å²) in [6.45, 7) is -0.0513. The van der Waals surface area contributed by atoms with Crippen molar-refractivity contribution in [2.45, 2.75) is 6.54 Å². The van der Waals surface area contributed by atoms with Gasteiger partial charge in [0.2, 0.25) is 0 Å². The number of amides is 4. The molecule has 2 rings (SSSR count). The summed E-state index contributed by atoms with van der Waals surface area (Å²) >= 11 is 0. The molecule has 7 heteroatoms. The lowest BCUT2D eigenvalue weighted by atomic mass is 10.3. The van der Waals surface area contributed by atoms with Crippen LogP contribution in [0.5, 0.6) is 0 Å². The van der Waals surface area contributed by atoms with E-state index in [1.54, 1.807) is 12.1 Å². The van der Waals surface area contributed by atoms with Gasteiger partial charge in [0.15, 0.2) is 0 Å². The van der Waals surface area contributed by atoms with E-state index in [4.69, 9.17) is 0 Å². The van der Waals surface area contributed by atoms with Crippen LogP contribution in [0.2, 0.25) is 0 Å². The predicted octanol–water partition coefficient (Wildman–Crippen LogP) is -0.945. The molecule has 2 heterocycles. The summed E-state index contributed by atoms with van der Waals surface area (Å²) < 4.78 is 0. The van der Waals surface area contributed by atoms with Gasteiger partial charge in [-0.2, -0.15) is 10.2 Å². The SMILES string of the molecule is O=C1NC(=O)N(Cc2cccnn2)C1=O. The highest BCUT2D eigenvalue weighted by atomic mass is 16.2. The molecule has 0 spiro atoms. The predicted molar refractivity (Wildman–Crippen MR) is 46.1 cm³/mol. The number of carbonyl (C=O) groups is 3. The Kier molecular flexibility index (Phi) is 2.13. The zero-order valence-corrected chi connectivity index (χ0v) is 7.51. The van der Waals surface area contributed by atoms with Crippen molar-refractivity contribution in [3.63, 3.8) is 0 Å². The summed E-state index contributed by atoms with van der Waals surface area (Å²) in [6, 6.07) is 2.51. The van der Waals surface area contributed by atoms with Gasteiger partial charge in [0.25, 0.3) is 0 Å². The zero-order chi connectivity index (χ0) is 10.8. The molecule has 7 nitrogen and oxygen atoms in total. The van der Waals surface area contributed by atoms with Gasteiger partial charge in [-0.3, -0.25) is 14.9 Å². The Balaban J connectivity index is 2.16. The largest absolute Gasteiger partial charge is 0.331 e. The summed E-state index contributed by atoms with van der Waals surface area (Å²) in [4.78, 5) is 33.9. The molecular weight excluding hydrogens is 200 g/mol. The molecular formula is C8H6N4O3. The van der Waals surface area contributed by atoms with Gasteiger partial charge in [-0.15, -0.1) is 0 Å². The fourth-order valence-corrected chi connectivity index (χ4v) is 1.16. The van der Waals surface area contributed by atoms with Gasteiger partial charge in [-0.25, -0.2) is 9.69 Å². The average Bonchev–Trinajstić information content (AvgIpc) is 2.47. The summed E-state index contributed by atoms with van der Waals surface area (Å²) in [6.07, 6.45) is 1.47. The van der Waals surface area contributed by atoms with E-state index in [9.17, 15) is 14.4 Å². The fourth-order valence-electron chi connectivity index (χ4n) is 1.16. The summed E-state index contributed by atoms with van der Waals surface area (Å²) in [5.74, 6) is -1.78. The van der Waals surface area contributed by atoms with E-state index in [2.05, 4.69) is 10.2 Å². The van der Waals surface area contributed by atoms with Crippen LogP contribution in [0.25, 0.3) is 0 Å². The highest BCUT2D eigenvalue weighted by Crippen LogP contribution is 2.05. The van der Waals surface area contributed by atoms with E-state index >= 15 is 0 Å². The van der Waals surface area contributed by atoms with Crippen LogP contribution in [0.4, 0.5) is 4.79 Å². The van der Waals surface area contributed by atoms with Crippen LogP contribution < -0.4 is 5.32 Å². The van der Waals surface area contributed by atoms with E-state index in [0.717, 1.165) is 4.90 Å². The van der Waals surface area contributed by atoms with E-state index in [1.165, 1.54) is 6.20 Å². The maximum Gasteiger partial charge on any atom is 0.331 e. The highest BCUT2D eigenvalue weighted by Gasteiger charge is 2.36. The van der Waals surface area contributed by atoms with E-state index in [1.807, 2.05) is 5.32 Å². The topological polar surface area (TPSA) is 92.3 Å². The standard InChI is InChI=1S/C8H6N4O3/c13-6-7(14)12(8(15)10-6)4-5-2-1-3-9-11-5/h1-3H,4H2,(H,10,13,15). The molecule has 4 amide bonds. The molecule has 0 unspecified atom stereocenters. The molecule has 0 aliphatic carbocycles. The molecule has 0 saturated carbocycles. The second kappa shape index (κ2) is 3.45. The Labute approximate surface area is 84.1 Å². The first-order chi connectivity index (χ1) is 7.18. The number of urea groups is 1. The number of hydrogen-bond donors (Lipinski definition) is 1. The molecule has 1 aromatic heterocycles. The van der Waals surface area contributed by atoms with Crippen molar-refractivity contribution in [2.24, 2.45) is 0 Å². The van der Waals surface area contributed by atoms with Gasteiger partial charge in [0.05, 0.1) is 12.2 Å². The smallest absolute Gasteiger partial charge is 0.269 e. The Morgan fingerprint density at radius 1 is 1.33 bits per heavy atom. The number of imide groups is 2. The summed E-state index contributed by atoms with van der Waals surface area (Å²) in [5.41, 5.74) is 0.440. The number of rotatable bonds is 2. The van der Waals surface area contributed by atoms with Crippen LogP contribution in [-0.2, 0) is 16.1 Å². The van der Waals surface area contributed by atoms with E-state index in [-0.39, 0.29) is 6.54 Å². The normalized spacial score (nSPS) is 15.7. The Morgan fingerprint density at radius 3 is 2.67 bits per heavy atom. The quantitative estimate of drug-likeness (QED) is 0.497. The van der Waals surface area contributed by atoms with E-state index < -0.39 is 17.8 Å². The molecule has 1 N–H and O–H groups in total. The molecule has 1 aliphatic rings. The lowest BCUT2D eigenvalue weighted by molar-refractivity contribution is -0.140. The Bertz CT molecular complexity index is 431. The van der Waals surface area contributed by atoms with Gasteiger partial charge in [0.1, 0.15) is 0 Å². The first-order valence-corrected chi connectivity index (χ1v) is 4.12. The number of nitrogens with one attached hydrogen (secondary N) is 1. The summed E-state index contributed by atoms with van der Waals surface area (Å²) in [7, 11) is 0. The molecule has 76 valence electrons. The maximum atomic E-state index is 11.2. The third-order valence-corrected chi connectivity index (χ3v) is 1.85. The number of carbonyl (C=O) groups excluding carboxylic acids is 3. The molecule has 0 bridgehead atoms. The van der Waals surface area contributed by atoms with Crippen molar-refractivity contribution in [1.82, 2.24) is 20.4 Å². The highest BCUT2D eigenvalue weighted by molar-refractivity contribution is 6.44. The fraction of sp³-hybridized carbons (Fsp3) is 0.125. The zero-order valence-electron chi connectivity index (χ0n) is 7.51. The van der Waals surface area contributed by atoms with Crippen LogP contribution in [-0.4, -0.2) is 32.9 Å². The average molecular weight is 206 g/mol. The van der Waals surface area contributed by atoms with Crippen LogP contribution in [0.1, 0.15) is 5.69 Å². The van der Waals surface area contributed by atoms with Crippen molar-refractivity contribution in [2.75, 3.05) is 0 Å². The van der Waals surface area contributed by atoms with Gasteiger partial charge in [-0.05, 0) is 12.1 Å². The minimum Gasteiger partial charge on any atom is -0.269 e. The van der Waals surface area contributed by atoms with Crippen molar-refractivity contribution in [3.8, 4) is 0 Å². The minimum absolute atomic E-state index is 0.0513. The molecule has 0 aromatic carbocycles. The first kappa shape index (κ1) is 9.25. The molecule has 0 atom stereocenters. The lowest BCUT2D eigenvalue weighted by Gasteiger charge is -2.09. The number of aromatic nitrogens is 2. The Hall–Kier alpha value is -2.31. The third-order valence-electron chi connectivity index (χ3n) is 1.85. The lowest BCUT2D eigenvalue weighted by Crippen LogP contribution is -2.30. The molecule has 15 heavy (non-hydrogen) atoms. The number of hydrogen-bond acceptors (Lipinski definition) is 5.